The lowest BCUT2D eigenvalue weighted by molar-refractivity contribution is -0.137. The molecular formula is C32H34F3N5O2S. The van der Waals surface area contributed by atoms with Crippen LogP contribution in [0.1, 0.15) is 38.2 Å². The number of H-pyrrole nitrogens is 1. The van der Waals surface area contributed by atoms with Gasteiger partial charge in [-0.1, -0.05) is 18.2 Å². The van der Waals surface area contributed by atoms with Gasteiger partial charge in [-0.2, -0.15) is 25.8 Å². The van der Waals surface area contributed by atoms with Crippen molar-refractivity contribution in [3.8, 4) is 0 Å². The number of carbonyl (C=O) groups excluding carboxylic acids is 1. The average molecular weight is 610 g/mol. The van der Waals surface area contributed by atoms with Crippen molar-refractivity contribution in [3.63, 3.8) is 0 Å². The van der Waals surface area contributed by atoms with Crippen molar-refractivity contribution in [3.05, 3.63) is 105 Å². The first-order valence-corrected chi connectivity index (χ1v) is 14.6. The summed E-state index contributed by atoms with van der Waals surface area (Å²) in [5.74, 6) is -0.609. The monoisotopic (exact) mass is 609 g/mol. The molecule has 1 aliphatic rings. The Morgan fingerprint density at radius 3 is 2.49 bits per heavy atom. The van der Waals surface area contributed by atoms with Crippen LogP contribution in [-0.4, -0.2) is 65.2 Å². The van der Waals surface area contributed by atoms with Crippen molar-refractivity contribution in [1.82, 2.24) is 19.8 Å². The second kappa shape index (κ2) is 14.0. The van der Waals surface area contributed by atoms with Crippen LogP contribution in [0.4, 0.5) is 18.9 Å². The van der Waals surface area contributed by atoms with Crippen molar-refractivity contribution in [2.24, 2.45) is 0 Å². The van der Waals surface area contributed by atoms with E-state index >= 15 is 0 Å². The third kappa shape index (κ3) is 8.56. The van der Waals surface area contributed by atoms with E-state index in [-0.39, 0.29) is 11.1 Å². The van der Waals surface area contributed by atoms with E-state index in [1.807, 2.05) is 38.3 Å². The molecule has 2 aromatic carbocycles. The minimum Gasteiger partial charge on any atom is -0.322 e. The number of anilines is 1. The standard InChI is InChI=1S/C31H30F3N5O2.CH4S/c1-20-3-7-27(17-23(20)5-4-21-13-24-6-8-28(40)37-29(24)35-18-21)36-30(41)25-14-22(15-26(16-25)31(32,33)34)19-39-11-9-38(2)10-12-39;1-2/h3-8,13-18H,9-12,19H2,1-2H3,(H,36,41)(H,35,37,40);2H,1H3/b5-4+;. The smallest absolute Gasteiger partial charge is 0.322 e. The number of pyridine rings is 2. The maximum Gasteiger partial charge on any atom is 0.416 e. The molecule has 4 aromatic rings. The molecule has 0 aliphatic carbocycles. The Morgan fingerprint density at radius 1 is 1.02 bits per heavy atom. The van der Waals surface area contributed by atoms with Gasteiger partial charge in [-0.3, -0.25) is 14.5 Å². The number of benzene rings is 2. The largest absolute Gasteiger partial charge is 0.416 e. The van der Waals surface area contributed by atoms with Crippen molar-refractivity contribution >= 4 is 47.4 Å². The molecule has 43 heavy (non-hydrogen) atoms. The zero-order chi connectivity index (χ0) is 31.1. The van der Waals surface area contributed by atoms with E-state index in [2.05, 4.69) is 37.7 Å². The molecular weight excluding hydrogens is 575 g/mol. The maximum absolute atomic E-state index is 13.7. The highest BCUT2D eigenvalue weighted by Gasteiger charge is 2.32. The molecule has 226 valence electrons. The van der Waals surface area contributed by atoms with Crippen LogP contribution in [0.5, 0.6) is 0 Å². The molecule has 0 bridgehead atoms. The number of aromatic nitrogens is 2. The van der Waals surface area contributed by atoms with Gasteiger partial charge in [0.05, 0.1) is 5.56 Å². The number of carbonyl (C=O) groups is 1. The van der Waals surface area contributed by atoms with Crippen LogP contribution in [0, 0.1) is 6.92 Å². The van der Waals surface area contributed by atoms with Crippen molar-refractivity contribution in [1.29, 1.82) is 0 Å². The summed E-state index contributed by atoms with van der Waals surface area (Å²) in [6.07, 6.45) is 2.51. The molecule has 1 fully saturated rings. The molecule has 1 saturated heterocycles. The Morgan fingerprint density at radius 2 is 1.77 bits per heavy atom. The molecule has 5 rings (SSSR count). The highest BCUT2D eigenvalue weighted by atomic mass is 32.1. The lowest BCUT2D eigenvalue weighted by Crippen LogP contribution is -2.43. The fraction of sp³-hybridized carbons (Fsp3) is 0.281. The summed E-state index contributed by atoms with van der Waals surface area (Å²) in [6, 6.07) is 13.9. The molecule has 3 heterocycles. The molecule has 0 unspecified atom stereocenters. The Bertz CT molecular complexity index is 1680. The van der Waals surface area contributed by atoms with Crippen LogP contribution in [0.2, 0.25) is 0 Å². The summed E-state index contributed by atoms with van der Waals surface area (Å²) in [5, 5.41) is 3.55. The van der Waals surface area contributed by atoms with E-state index in [4.69, 9.17) is 0 Å². The van der Waals surface area contributed by atoms with E-state index in [0.29, 0.717) is 23.4 Å². The normalized spacial score (nSPS) is 14.5. The predicted octanol–water partition coefficient (Wildman–Crippen LogP) is 5.97. The van der Waals surface area contributed by atoms with Crippen molar-refractivity contribution in [2.75, 3.05) is 44.8 Å². The van der Waals surface area contributed by atoms with Crippen molar-refractivity contribution in [2.45, 2.75) is 19.6 Å². The number of hydrogen-bond donors (Lipinski definition) is 3. The zero-order valence-corrected chi connectivity index (χ0v) is 25.1. The lowest BCUT2D eigenvalue weighted by atomic mass is 10.0. The van der Waals surface area contributed by atoms with Gasteiger partial charge in [0, 0.05) is 61.6 Å². The number of piperazine rings is 1. The first-order chi connectivity index (χ1) is 20.5. The molecule has 2 N–H and O–H groups in total. The first-order valence-electron chi connectivity index (χ1n) is 13.7. The average Bonchev–Trinajstić information content (AvgIpc) is 2.99. The Hall–Kier alpha value is -3.93. The number of aromatic amines is 1. The summed E-state index contributed by atoms with van der Waals surface area (Å²) in [7, 11) is 2.01. The van der Waals surface area contributed by atoms with E-state index in [0.717, 1.165) is 60.4 Å². The number of fused-ring (bicyclic) bond motifs is 1. The van der Waals surface area contributed by atoms with Crippen LogP contribution in [0.3, 0.4) is 0 Å². The van der Waals surface area contributed by atoms with Gasteiger partial charge in [0.15, 0.2) is 0 Å². The number of halogens is 3. The minimum absolute atomic E-state index is 0.0399. The summed E-state index contributed by atoms with van der Waals surface area (Å²) >= 11 is 3.53. The number of nitrogens with zero attached hydrogens (tertiary/aromatic N) is 3. The minimum atomic E-state index is -4.57. The van der Waals surface area contributed by atoms with Gasteiger partial charge < -0.3 is 15.2 Å². The molecule has 11 heteroatoms. The molecule has 0 atom stereocenters. The third-order valence-corrected chi connectivity index (χ3v) is 7.17. The number of alkyl halides is 3. The van der Waals surface area contributed by atoms with E-state index in [1.165, 1.54) is 12.1 Å². The summed E-state index contributed by atoms with van der Waals surface area (Å²) in [4.78, 5) is 35.9. The topological polar surface area (TPSA) is 81.3 Å². The number of amides is 1. The number of rotatable bonds is 6. The van der Waals surface area contributed by atoms with Crippen LogP contribution in [0.15, 0.2) is 65.6 Å². The number of hydrogen-bond acceptors (Lipinski definition) is 6. The number of likely N-dealkylation sites (N-methyl/N-ethyl adjacent to an activating group) is 1. The first kappa shape index (κ1) is 32.0. The van der Waals surface area contributed by atoms with Gasteiger partial charge in [-0.25, -0.2) is 4.98 Å². The van der Waals surface area contributed by atoms with E-state index < -0.39 is 17.6 Å². The van der Waals surface area contributed by atoms with Crippen LogP contribution in [-0.2, 0) is 12.7 Å². The molecule has 0 radical (unpaired) electrons. The summed E-state index contributed by atoms with van der Waals surface area (Å²) in [6.45, 7) is 5.46. The number of aryl methyl sites for hydroxylation is 1. The Balaban J connectivity index is 0.00000207. The van der Waals surface area contributed by atoms with E-state index in [9.17, 15) is 22.8 Å². The Kier molecular flexibility index (Phi) is 10.4. The van der Waals surface area contributed by atoms with Gasteiger partial charge in [-0.15, -0.1) is 0 Å². The third-order valence-electron chi connectivity index (χ3n) is 7.17. The van der Waals surface area contributed by atoms with Crippen LogP contribution < -0.4 is 10.9 Å². The van der Waals surface area contributed by atoms with Gasteiger partial charge in [-0.05, 0) is 84.9 Å². The highest BCUT2D eigenvalue weighted by Crippen LogP contribution is 2.31. The second-order valence-electron chi connectivity index (χ2n) is 10.4. The molecule has 2 aromatic heterocycles. The fourth-order valence-electron chi connectivity index (χ4n) is 4.77. The maximum atomic E-state index is 13.7. The highest BCUT2D eigenvalue weighted by molar-refractivity contribution is 7.79. The molecule has 7 nitrogen and oxygen atoms in total. The number of thiol groups is 1. The van der Waals surface area contributed by atoms with Crippen LogP contribution >= 0.6 is 12.6 Å². The van der Waals surface area contributed by atoms with Gasteiger partial charge in [0.1, 0.15) is 5.65 Å². The molecule has 0 saturated carbocycles. The molecule has 1 aliphatic heterocycles. The van der Waals surface area contributed by atoms with Crippen LogP contribution in [0.25, 0.3) is 23.2 Å². The lowest BCUT2D eigenvalue weighted by Gasteiger charge is -2.32. The van der Waals surface area contributed by atoms with Crippen molar-refractivity contribution < 1.29 is 18.0 Å². The van der Waals surface area contributed by atoms with Gasteiger partial charge in [0.2, 0.25) is 5.56 Å². The zero-order valence-electron chi connectivity index (χ0n) is 24.2. The quantitative estimate of drug-likeness (QED) is 0.235. The molecule has 1 amide bonds. The predicted molar refractivity (Wildman–Crippen MR) is 170 cm³/mol. The van der Waals surface area contributed by atoms with E-state index in [1.54, 1.807) is 30.7 Å². The Labute approximate surface area is 253 Å². The summed E-state index contributed by atoms with van der Waals surface area (Å²) < 4.78 is 41.1. The van der Waals surface area contributed by atoms with Gasteiger partial charge in [0.25, 0.3) is 5.91 Å². The fourth-order valence-corrected chi connectivity index (χ4v) is 4.77. The second-order valence-corrected chi connectivity index (χ2v) is 10.4. The number of nitrogens with one attached hydrogen (secondary N) is 2. The summed E-state index contributed by atoms with van der Waals surface area (Å²) in [5.41, 5.74) is 2.90. The SMILES string of the molecule is CS.Cc1ccc(NC(=O)c2cc(CN3CCN(C)CC3)cc(C(F)(F)F)c2)cc1/C=C/c1cnc2[nH]c(=O)ccc2c1. The van der Waals surface area contributed by atoms with Gasteiger partial charge >= 0.3 is 6.18 Å². The molecule has 0 spiro atoms.